The van der Waals surface area contributed by atoms with Gasteiger partial charge in [-0.3, -0.25) is 9.59 Å². The van der Waals surface area contributed by atoms with Crippen LogP contribution in [0.2, 0.25) is 0 Å². The van der Waals surface area contributed by atoms with Crippen molar-refractivity contribution in [2.24, 2.45) is 5.92 Å². The quantitative estimate of drug-likeness (QED) is 0.775. The van der Waals surface area contributed by atoms with Crippen LogP contribution in [-0.2, 0) is 4.79 Å². The minimum Gasteiger partial charge on any atom is -0.352 e. The van der Waals surface area contributed by atoms with Crippen LogP contribution in [0.1, 0.15) is 29.6 Å². The van der Waals surface area contributed by atoms with Gasteiger partial charge in [-0.1, -0.05) is 0 Å². The van der Waals surface area contributed by atoms with Gasteiger partial charge in [-0.25, -0.2) is 0 Å². The lowest BCUT2D eigenvalue weighted by molar-refractivity contribution is -0.113. The van der Waals surface area contributed by atoms with Gasteiger partial charge in [0.2, 0.25) is 5.91 Å². The Morgan fingerprint density at radius 1 is 1.39 bits per heavy atom. The monoisotopic (exact) mass is 355 g/mol. The van der Waals surface area contributed by atoms with Gasteiger partial charge in [-0.2, -0.15) is 0 Å². The molecule has 7 heteroatoms. The molecular formula is C16H22ClN3O2S. The molecule has 0 bridgehead atoms. The van der Waals surface area contributed by atoms with E-state index in [1.54, 1.807) is 6.07 Å². The first-order valence-corrected chi connectivity index (χ1v) is 8.76. The summed E-state index contributed by atoms with van der Waals surface area (Å²) in [5.74, 6) is 1.01. The number of carbonyl (C=O) groups is 2. The van der Waals surface area contributed by atoms with Crippen LogP contribution in [0.5, 0.6) is 0 Å². The van der Waals surface area contributed by atoms with Crippen molar-refractivity contribution in [1.82, 2.24) is 10.6 Å². The van der Waals surface area contributed by atoms with Crippen LogP contribution in [0, 0.1) is 5.92 Å². The molecule has 2 heterocycles. The number of carbonyl (C=O) groups excluding carboxylic acids is 2. The Hall–Kier alpha value is -1.24. The van der Waals surface area contributed by atoms with Crippen molar-refractivity contribution in [1.29, 1.82) is 0 Å². The third-order valence-corrected chi connectivity index (χ3v) is 5.19. The van der Waals surface area contributed by atoms with Crippen LogP contribution in [0.25, 0.3) is 0 Å². The lowest BCUT2D eigenvalue weighted by Crippen LogP contribution is -2.33. The molecule has 0 aliphatic carbocycles. The van der Waals surface area contributed by atoms with Crippen LogP contribution in [0.4, 0.5) is 5.69 Å². The summed E-state index contributed by atoms with van der Waals surface area (Å²) in [5, 5.41) is 9.18. The number of thioether (sulfide) groups is 1. The SMILES string of the molecule is Cl.O=C1CSc2ccc(C(=O)NCCC3CCCNC3)cc2N1. The molecule has 0 radical (unpaired) electrons. The van der Waals surface area contributed by atoms with E-state index < -0.39 is 0 Å². The molecule has 2 amide bonds. The van der Waals surface area contributed by atoms with Gasteiger partial charge >= 0.3 is 0 Å². The second-order valence-electron chi connectivity index (χ2n) is 5.80. The first-order valence-electron chi connectivity index (χ1n) is 7.78. The fourth-order valence-electron chi connectivity index (χ4n) is 2.89. The molecule has 1 fully saturated rings. The van der Waals surface area contributed by atoms with Gasteiger partial charge in [0.15, 0.2) is 0 Å². The number of halogens is 1. The predicted molar refractivity (Wildman–Crippen MR) is 95.6 cm³/mol. The van der Waals surface area contributed by atoms with E-state index in [0.717, 1.165) is 30.1 Å². The van der Waals surface area contributed by atoms with Crippen molar-refractivity contribution in [2.45, 2.75) is 24.2 Å². The molecule has 23 heavy (non-hydrogen) atoms. The summed E-state index contributed by atoms with van der Waals surface area (Å²) in [5.41, 5.74) is 1.34. The van der Waals surface area contributed by atoms with E-state index >= 15 is 0 Å². The first-order chi connectivity index (χ1) is 10.7. The zero-order valence-corrected chi connectivity index (χ0v) is 14.5. The molecule has 1 atom stereocenters. The van der Waals surface area contributed by atoms with E-state index in [1.165, 1.54) is 24.6 Å². The van der Waals surface area contributed by atoms with Gasteiger partial charge in [-0.05, 0) is 56.5 Å². The van der Waals surface area contributed by atoms with E-state index in [4.69, 9.17) is 0 Å². The largest absolute Gasteiger partial charge is 0.352 e. The standard InChI is InChI=1S/C16H21N3O2S.ClH/c20-15-10-22-14-4-3-12(8-13(14)19-15)16(21)18-7-5-11-2-1-6-17-9-11;/h3-4,8,11,17H,1-2,5-7,9-10H2,(H,18,21)(H,19,20);1H. The van der Waals surface area contributed by atoms with Crippen molar-refractivity contribution < 1.29 is 9.59 Å². The number of fused-ring (bicyclic) bond motifs is 1. The predicted octanol–water partition coefficient (Wildman–Crippen LogP) is 2.27. The van der Waals surface area contributed by atoms with E-state index in [-0.39, 0.29) is 24.2 Å². The summed E-state index contributed by atoms with van der Waals surface area (Å²) in [6.07, 6.45) is 3.47. The van der Waals surface area contributed by atoms with E-state index in [9.17, 15) is 9.59 Å². The lowest BCUT2D eigenvalue weighted by Gasteiger charge is -2.22. The molecule has 2 aliphatic heterocycles. The Morgan fingerprint density at radius 3 is 3.04 bits per heavy atom. The molecule has 1 saturated heterocycles. The average molecular weight is 356 g/mol. The molecular weight excluding hydrogens is 334 g/mol. The lowest BCUT2D eigenvalue weighted by atomic mass is 9.96. The topological polar surface area (TPSA) is 70.2 Å². The molecule has 2 aliphatic rings. The fraction of sp³-hybridized carbons (Fsp3) is 0.500. The number of piperidine rings is 1. The molecule has 0 saturated carbocycles. The van der Waals surface area contributed by atoms with Crippen molar-refractivity contribution in [3.05, 3.63) is 23.8 Å². The van der Waals surface area contributed by atoms with Gasteiger partial charge in [-0.15, -0.1) is 24.2 Å². The Kier molecular flexibility index (Phi) is 6.74. The molecule has 0 aromatic heterocycles. The second-order valence-corrected chi connectivity index (χ2v) is 6.82. The highest BCUT2D eigenvalue weighted by Crippen LogP contribution is 2.31. The maximum absolute atomic E-state index is 12.2. The number of hydrogen-bond donors (Lipinski definition) is 3. The summed E-state index contributed by atoms with van der Waals surface area (Å²) in [4.78, 5) is 24.6. The highest BCUT2D eigenvalue weighted by Gasteiger charge is 2.17. The maximum atomic E-state index is 12.2. The Bertz CT molecular complexity index is 576. The molecule has 3 rings (SSSR count). The number of anilines is 1. The van der Waals surface area contributed by atoms with E-state index in [0.29, 0.717) is 23.8 Å². The van der Waals surface area contributed by atoms with Crippen LogP contribution in [-0.4, -0.2) is 37.2 Å². The van der Waals surface area contributed by atoms with Crippen LogP contribution in [0.3, 0.4) is 0 Å². The number of nitrogens with one attached hydrogen (secondary N) is 3. The summed E-state index contributed by atoms with van der Waals surface area (Å²) in [6.45, 7) is 2.86. The van der Waals surface area contributed by atoms with Crippen molar-refractivity contribution in [2.75, 3.05) is 30.7 Å². The zero-order valence-electron chi connectivity index (χ0n) is 12.9. The first kappa shape index (κ1) is 18.1. The normalized spacial score (nSPS) is 20.0. The highest BCUT2D eigenvalue weighted by molar-refractivity contribution is 8.00. The van der Waals surface area contributed by atoms with Gasteiger partial charge in [0.05, 0.1) is 11.4 Å². The van der Waals surface area contributed by atoms with Crippen molar-refractivity contribution in [3.63, 3.8) is 0 Å². The van der Waals surface area contributed by atoms with Gasteiger partial charge in [0, 0.05) is 17.0 Å². The van der Waals surface area contributed by atoms with E-state index in [1.807, 2.05) is 12.1 Å². The number of amides is 2. The molecule has 0 spiro atoms. The minimum absolute atomic E-state index is 0. The molecule has 1 unspecified atom stereocenters. The number of benzene rings is 1. The van der Waals surface area contributed by atoms with Gasteiger partial charge in [0.1, 0.15) is 0 Å². The van der Waals surface area contributed by atoms with Crippen LogP contribution in [0.15, 0.2) is 23.1 Å². The summed E-state index contributed by atoms with van der Waals surface area (Å²) in [6, 6.07) is 5.48. The summed E-state index contributed by atoms with van der Waals surface area (Å²) in [7, 11) is 0. The van der Waals surface area contributed by atoms with Crippen molar-refractivity contribution >= 4 is 41.7 Å². The summed E-state index contributed by atoms with van der Waals surface area (Å²) >= 11 is 1.50. The smallest absolute Gasteiger partial charge is 0.251 e. The molecule has 1 aromatic carbocycles. The Balaban J connectivity index is 0.00000192. The molecule has 126 valence electrons. The second kappa shape index (κ2) is 8.57. The zero-order chi connectivity index (χ0) is 15.4. The average Bonchev–Trinajstić information content (AvgIpc) is 2.55. The Labute approximate surface area is 146 Å². The Morgan fingerprint density at radius 2 is 2.26 bits per heavy atom. The molecule has 5 nitrogen and oxygen atoms in total. The van der Waals surface area contributed by atoms with Crippen LogP contribution < -0.4 is 16.0 Å². The highest BCUT2D eigenvalue weighted by atomic mass is 35.5. The third-order valence-electron chi connectivity index (χ3n) is 4.11. The summed E-state index contributed by atoms with van der Waals surface area (Å²) < 4.78 is 0. The third kappa shape index (κ3) is 4.86. The van der Waals surface area contributed by atoms with Crippen molar-refractivity contribution in [3.8, 4) is 0 Å². The fourth-order valence-corrected chi connectivity index (χ4v) is 3.68. The van der Waals surface area contributed by atoms with E-state index in [2.05, 4.69) is 16.0 Å². The number of hydrogen-bond acceptors (Lipinski definition) is 4. The van der Waals surface area contributed by atoms with Gasteiger partial charge < -0.3 is 16.0 Å². The molecule has 3 N–H and O–H groups in total. The maximum Gasteiger partial charge on any atom is 0.251 e. The minimum atomic E-state index is -0.0728. The number of rotatable bonds is 4. The van der Waals surface area contributed by atoms with Crippen LogP contribution >= 0.6 is 24.2 Å². The molecule has 1 aromatic rings. The van der Waals surface area contributed by atoms with Gasteiger partial charge in [0.25, 0.3) is 5.91 Å².